The van der Waals surface area contributed by atoms with Crippen LogP contribution >= 0.6 is 0 Å². The van der Waals surface area contributed by atoms with Crippen molar-refractivity contribution < 1.29 is 31.8 Å². The Hall–Kier alpha value is 0.109. The molecule has 0 aromatic heterocycles. The van der Waals surface area contributed by atoms with Crippen LogP contribution in [0.2, 0.25) is 0 Å². The van der Waals surface area contributed by atoms with Crippen LogP contribution in [0.1, 0.15) is 0 Å². The van der Waals surface area contributed by atoms with Crippen molar-refractivity contribution in [3.8, 4) is 0 Å². The zero-order valence-corrected chi connectivity index (χ0v) is 3.44. The summed E-state index contributed by atoms with van der Waals surface area (Å²) < 4.78 is 0. The molecule has 0 saturated carbocycles. The van der Waals surface area contributed by atoms with Crippen molar-refractivity contribution in [3.63, 3.8) is 0 Å². The van der Waals surface area contributed by atoms with E-state index in [4.69, 9.17) is 4.79 Å². The SMILES string of the molecule is O.O.O=[CH][Fe]. The van der Waals surface area contributed by atoms with Crippen LogP contribution in [0.15, 0.2) is 0 Å². The van der Waals surface area contributed by atoms with Gasteiger partial charge in [0.25, 0.3) is 0 Å². The van der Waals surface area contributed by atoms with Crippen molar-refractivity contribution in [2.75, 3.05) is 0 Å². The second kappa shape index (κ2) is 32.3. The average molecular weight is 121 g/mol. The first-order chi connectivity index (χ1) is 1.41. The molecule has 0 bridgehead atoms. The summed E-state index contributed by atoms with van der Waals surface area (Å²) in [6.07, 6.45) is 0. The van der Waals surface area contributed by atoms with Gasteiger partial charge in [0, 0.05) is 0 Å². The van der Waals surface area contributed by atoms with Gasteiger partial charge >= 0.3 is 26.0 Å². The van der Waals surface area contributed by atoms with E-state index in [0.717, 1.165) is 0 Å². The summed E-state index contributed by atoms with van der Waals surface area (Å²) in [6, 6.07) is 0. The number of rotatable bonds is 0. The zero-order valence-electron chi connectivity index (χ0n) is 2.34. The summed E-state index contributed by atoms with van der Waals surface area (Å²) in [5.74, 6) is 0. The van der Waals surface area contributed by atoms with Crippen LogP contribution in [-0.2, 0) is 20.8 Å². The molecule has 0 amide bonds. The molecule has 5 heavy (non-hydrogen) atoms. The number of hydrogen-bond acceptors (Lipinski definition) is 1. The standard InChI is InChI=1S/CHO.Fe.2H2O/c1-2;;;/h1H;;2*1H2. The van der Waals surface area contributed by atoms with Crippen molar-refractivity contribution in [2.24, 2.45) is 0 Å². The summed E-state index contributed by atoms with van der Waals surface area (Å²) in [7, 11) is 0. The fraction of sp³-hybridized carbons (Fsp3) is 0. The van der Waals surface area contributed by atoms with Crippen LogP contribution in [-0.4, -0.2) is 16.1 Å². The van der Waals surface area contributed by atoms with E-state index in [1.54, 1.807) is 0 Å². The minimum atomic E-state index is 0. The van der Waals surface area contributed by atoms with Gasteiger partial charge in [0.05, 0.1) is 0 Å². The van der Waals surface area contributed by atoms with Crippen molar-refractivity contribution in [1.29, 1.82) is 0 Å². The van der Waals surface area contributed by atoms with E-state index in [1.165, 1.54) is 0 Å². The number of hydrogen-bond donors (Lipinski definition) is 0. The normalized spacial score (nSPS) is 2.60. The van der Waals surface area contributed by atoms with E-state index in [9.17, 15) is 0 Å². The van der Waals surface area contributed by atoms with E-state index in [-0.39, 0.29) is 11.0 Å². The molecule has 4 N–H and O–H groups in total. The molecule has 0 atom stereocenters. The van der Waals surface area contributed by atoms with Gasteiger partial charge in [0.1, 0.15) is 0 Å². The molecule has 0 radical (unpaired) electrons. The molecule has 3 nitrogen and oxygen atoms in total. The second-order valence-corrected chi connectivity index (χ2v) is 0.344. The molecule has 0 unspecified atom stereocenters. The topological polar surface area (TPSA) is 80.1 Å². The first-order valence-corrected chi connectivity index (χ1v) is 1.08. The van der Waals surface area contributed by atoms with Crippen LogP contribution in [0.3, 0.4) is 0 Å². The molecule has 0 aliphatic carbocycles. The van der Waals surface area contributed by atoms with Crippen molar-refractivity contribution >= 4 is 5.18 Å². The Balaban J connectivity index is -0.0000000200. The molecule has 0 fully saturated rings. The summed E-state index contributed by atoms with van der Waals surface area (Å²) in [6.45, 7) is 0. The molecule has 0 aromatic rings. The maximum absolute atomic E-state index is 8.69. The molecular formula is CH5FeO3. The van der Waals surface area contributed by atoms with Gasteiger partial charge in [-0.05, 0) is 0 Å². The molecule has 0 aliphatic heterocycles. The zero-order chi connectivity index (χ0) is 2.71. The van der Waals surface area contributed by atoms with Crippen molar-refractivity contribution in [3.05, 3.63) is 0 Å². The fourth-order valence-electron chi connectivity index (χ4n) is 0. The van der Waals surface area contributed by atoms with Crippen molar-refractivity contribution in [1.82, 2.24) is 0 Å². The third-order valence-electron chi connectivity index (χ3n) is 0. The van der Waals surface area contributed by atoms with Gasteiger partial charge in [0.2, 0.25) is 0 Å². The van der Waals surface area contributed by atoms with E-state index < -0.39 is 0 Å². The Labute approximate surface area is 37.8 Å². The fourth-order valence-corrected chi connectivity index (χ4v) is 0. The minimum absolute atomic E-state index is 0. The predicted octanol–water partition coefficient (Wildman–Crippen LogP) is -1.93. The third kappa shape index (κ3) is 1530. The van der Waals surface area contributed by atoms with Crippen LogP contribution in [0.4, 0.5) is 0 Å². The molecule has 0 aliphatic rings. The van der Waals surface area contributed by atoms with Gasteiger partial charge in [-0.2, -0.15) is 0 Å². The Morgan fingerprint density at radius 2 is 1.40 bits per heavy atom. The maximum atomic E-state index is 8.69. The summed E-state index contributed by atoms with van der Waals surface area (Å²) >= 11 is 2.81. The van der Waals surface area contributed by atoms with Gasteiger partial charge in [0.15, 0.2) is 0 Å². The van der Waals surface area contributed by atoms with Gasteiger partial charge in [-0.3, -0.25) is 0 Å². The molecule has 0 rings (SSSR count). The molecule has 0 saturated heterocycles. The number of carbonyl (C=O) groups is 1. The van der Waals surface area contributed by atoms with E-state index in [1.807, 2.05) is 0 Å². The Morgan fingerprint density at radius 3 is 1.40 bits per heavy atom. The molecule has 35 valence electrons. The first-order valence-electron chi connectivity index (χ1n) is 0.440. The summed E-state index contributed by atoms with van der Waals surface area (Å²) in [4.78, 5) is 8.69. The van der Waals surface area contributed by atoms with Gasteiger partial charge in [-0.25, -0.2) is 0 Å². The van der Waals surface area contributed by atoms with E-state index in [2.05, 4.69) is 16.0 Å². The quantitative estimate of drug-likeness (QED) is 0.271. The van der Waals surface area contributed by atoms with Crippen LogP contribution in [0, 0.1) is 0 Å². The van der Waals surface area contributed by atoms with Crippen LogP contribution < -0.4 is 0 Å². The Morgan fingerprint density at radius 1 is 1.40 bits per heavy atom. The first kappa shape index (κ1) is 19.4. The average Bonchev–Trinajstić information content (AvgIpc) is 0.918. The number of carbonyl (C=O) groups excluding carboxylic acids is 1. The predicted molar refractivity (Wildman–Crippen MR) is 14.0 cm³/mol. The third-order valence-corrected chi connectivity index (χ3v) is 0. The van der Waals surface area contributed by atoms with E-state index in [0.29, 0.717) is 5.18 Å². The Bertz CT molecular complexity index is 14.4. The second-order valence-electron chi connectivity index (χ2n) is 0.0833. The van der Waals surface area contributed by atoms with Crippen LogP contribution in [0.5, 0.6) is 0 Å². The molecule has 4 heteroatoms. The van der Waals surface area contributed by atoms with Crippen LogP contribution in [0.25, 0.3) is 0 Å². The summed E-state index contributed by atoms with van der Waals surface area (Å²) in [5, 5.41) is 0.500. The van der Waals surface area contributed by atoms with Gasteiger partial charge in [-0.15, -0.1) is 0 Å². The molecule has 0 aromatic carbocycles. The Kier molecular flexibility index (Phi) is 125. The van der Waals surface area contributed by atoms with Crippen molar-refractivity contribution in [2.45, 2.75) is 0 Å². The van der Waals surface area contributed by atoms with Gasteiger partial charge < -0.3 is 11.0 Å². The molecule has 0 spiro atoms. The van der Waals surface area contributed by atoms with Gasteiger partial charge in [-0.1, -0.05) is 0 Å². The molecule has 0 heterocycles. The van der Waals surface area contributed by atoms with E-state index >= 15 is 0 Å². The summed E-state index contributed by atoms with van der Waals surface area (Å²) in [5.41, 5.74) is 0. The molecular weight excluding hydrogens is 116 g/mol. The monoisotopic (exact) mass is 121 g/mol.